The molecule has 5 heteroatoms. The third-order valence-electron chi connectivity index (χ3n) is 3.30. The third-order valence-corrected chi connectivity index (χ3v) is 4.70. The second-order valence-electron chi connectivity index (χ2n) is 4.74. The van der Waals surface area contributed by atoms with Crippen molar-refractivity contribution in [1.82, 2.24) is 4.90 Å². The lowest BCUT2D eigenvalue weighted by atomic mass is 10.1. The van der Waals surface area contributed by atoms with Crippen LogP contribution in [0.15, 0.2) is 36.4 Å². The maximum Gasteiger partial charge on any atom is 0.335 e. The van der Waals surface area contributed by atoms with Crippen molar-refractivity contribution >= 4 is 28.9 Å². The van der Waals surface area contributed by atoms with Crippen molar-refractivity contribution in [3.8, 4) is 0 Å². The zero-order chi connectivity index (χ0) is 14.7. The molecule has 0 saturated carbocycles. The molecule has 20 heavy (non-hydrogen) atoms. The topological polar surface area (TPSA) is 40.5 Å². The van der Waals surface area contributed by atoms with Gasteiger partial charge in [0.2, 0.25) is 0 Å². The number of hydrogen-bond acceptors (Lipinski definition) is 3. The Bertz CT molecular complexity index is 594. The van der Waals surface area contributed by atoms with E-state index < -0.39 is 5.97 Å². The lowest BCUT2D eigenvalue weighted by Crippen LogP contribution is -2.21. The predicted octanol–water partition coefficient (Wildman–Crippen LogP) is 4.29. The monoisotopic (exact) mass is 309 g/mol. The maximum absolute atomic E-state index is 10.8. The number of rotatable bonds is 5. The van der Waals surface area contributed by atoms with E-state index in [-0.39, 0.29) is 6.04 Å². The summed E-state index contributed by atoms with van der Waals surface area (Å²) >= 11 is 7.55. The van der Waals surface area contributed by atoms with Gasteiger partial charge in [0.25, 0.3) is 0 Å². The molecule has 0 radical (unpaired) electrons. The average Bonchev–Trinajstić information content (AvgIpc) is 2.85. The van der Waals surface area contributed by atoms with Gasteiger partial charge in [-0.05, 0) is 43.8 Å². The second kappa shape index (κ2) is 6.39. The van der Waals surface area contributed by atoms with Gasteiger partial charge in [0, 0.05) is 17.5 Å². The van der Waals surface area contributed by atoms with Crippen LogP contribution in [0.25, 0.3) is 0 Å². The number of carboxylic acid groups (broad SMARTS) is 1. The van der Waals surface area contributed by atoms with Gasteiger partial charge in [0.05, 0.1) is 9.90 Å². The zero-order valence-electron chi connectivity index (χ0n) is 11.3. The van der Waals surface area contributed by atoms with Crippen molar-refractivity contribution in [2.24, 2.45) is 0 Å². The van der Waals surface area contributed by atoms with Crippen molar-refractivity contribution in [2.45, 2.75) is 19.5 Å². The highest BCUT2D eigenvalue weighted by atomic mass is 35.5. The molecule has 2 aromatic rings. The summed E-state index contributed by atoms with van der Waals surface area (Å²) in [5.74, 6) is -0.897. The average molecular weight is 310 g/mol. The summed E-state index contributed by atoms with van der Waals surface area (Å²) < 4.78 is 0.797. The van der Waals surface area contributed by atoms with E-state index in [1.807, 2.05) is 31.3 Å². The van der Waals surface area contributed by atoms with Crippen molar-refractivity contribution in [3.05, 3.63) is 56.7 Å². The standard InChI is InChI=1S/C15H16ClNO2S/c1-10(13-7-8-14(16)20-13)17(2)9-11-3-5-12(6-4-11)15(18)19/h3-8,10H,9H2,1-2H3,(H,18,19). The molecule has 1 heterocycles. The lowest BCUT2D eigenvalue weighted by molar-refractivity contribution is 0.0697. The first kappa shape index (κ1) is 15.0. The quantitative estimate of drug-likeness (QED) is 0.895. The molecular weight excluding hydrogens is 294 g/mol. The van der Waals surface area contributed by atoms with Gasteiger partial charge in [0.1, 0.15) is 0 Å². The molecule has 0 aliphatic heterocycles. The molecule has 0 aliphatic carbocycles. The predicted molar refractivity (Wildman–Crippen MR) is 82.6 cm³/mol. The first-order valence-corrected chi connectivity index (χ1v) is 7.44. The molecule has 0 bridgehead atoms. The van der Waals surface area contributed by atoms with Gasteiger partial charge in [-0.25, -0.2) is 4.79 Å². The van der Waals surface area contributed by atoms with Gasteiger partial charge < -0.3 is 5.11 Å². The molecule has 0 saturated heterocycles. The number of aromatic carboxylic acids is 1. The van der Waals surface area contributed by atoms with Gasteiger partial charge in [0.15, 0.2) is 0 Å². The van der Waals surface area contributed by atoms with Crippen LogP contribution in [0, 0.1) is 0 Å². The number of benzene rings is 1. The van der Waals surface area contributed by atoms with E-state index in [1.54, 1.807) is 23.5 Å². The molecule has 3 nitrogen and oxygen atoms in total. The minimum Gasteiger partial charge on any atom is -0.478 e. The van der Waals surface area contributed by atoms with Crippen molar-refractivity contribution in [3.63, 3.8) is 0 Å². The Kier molecular flexibility index (Phi) is 4.81. The Balaban J connectivity index is 2.03. The van der Waals surface area contributed by atoms with E-state index in [0.717, 1.165) is 16.4 Å². The molecule has 1 N–H and O–H groups in total. The minimum atomic E-state index is -0.897. The number of hydrogen-bond donors (Lipinski definition) is 1. The van der Waals surface area contributed by atoms with Gasteiger partial charge in [-0.1, -0.05) is 23.7 Å². The number of halogens is 1. The van der Waals surface area contributed by atoms with Crippen molar-refractivity contribution in [2.75, 3.05) is 7.05 Å². The number of thiophene rings is 1. The summed E-state index contributed by atoms with van der Waals surface area (Å²) in [6.07, 6.45) is 0. The molecule has 1 atom stereocenters. The summed E-state index contributed by atoms with van der Waals surface area (Å²) in [5, 5.41) is 8.88. The summed E-state index contributed by atoms with van der Waals surface area (Å²) in [6.45, 7) is 2.89. The lowest BCUT2D eigenvalue weighted by Gasteiger charge is -2.23. The fourth-order valence-corrected chi connectivity index (χ4v) is 3.13. The van der Waals surface area contributed by atoms with Crippen LogP contribution in [0.2, 0.25) is 4.34 Å². The van der Waals surface area contributed by atoms with Gasteiger partial charge in [-0.3, -0.25) is 4.90 Å². The molecule has 0 spiro atoms. The maximum atomic E-state index is 10.8. The Morgan fingerprint density at radius 1 is 1.30 bits per heavy atom. The molecule has 106 valence electrons. The van der Waals surface area contributed by atoms with E-state index in [2.05, 4.69) is 11.8 Å². The van der Waals surface area contributed by atoms with Crippen LogP contribution in [0.4, 0.5) is 0 Å². The highest BCUT2D eigenvalue weighted by molar-refractivity contribution is 7.16. The second-order valence-corrected chi connectivity index (χ2v) is 6.48. The van der Waals surface area contributed by atoms with E-state index >= 15 is 0 Å². The summed E-state index contributed by atoms with van der Waals surface area (Å²) in [4.78, 5) is 14.2. The van der Waals surface area contributed by atoms with Gasteiger partial charge in [-0.15, -0.1) is 11.3 Å². The SMILES string of the molecule is CC(c1ccc(Cl)s1)N(C)Cc1ccc(C(=O)O)cc1. The van der Waals surface area contributed by atoms with Crippen LogP contribution in [0.3, 0.4) is 0 Å². The first-order valence-electron chi connectivity index (χ1n) is 6.25. The normalized spacial score (nSPS) is 12.6. The largest absolute Gasteiger partial charge is 0.478 e. The van der Waals surface area contributed by atoms with E-state index in [9.17, 15) is 4.79 Å². The number of carboxylic acids is 1. The highest BCUT2D eigenvalue weighted by Crippen LogP contribution is 2.30. The first-order chi connectivity index (χ1) is 9.47. The Hall–Kier alpha value is -1.36. The minimum absolute atomic E-state index is 0.270. The van der Waals surface area contributed by atoms with Crippen LogP contribution in [-0.4, -0.2) is 23.0 Å². The van der Waals surface area contributed by atoms with Crippen molar-refractivity contribution in [1.29, 1.82) is 0 Å². The summed E-state index contributed by atoms with van der Waals surface area (Å²) in [6, 6.07) is 11.2. The fraction of sp³-hybridized carbons (Fsp3) is 0.267. The van der Waals surface area contributed by atoms with Crippen LogP contribution < -0.4 is 0 Å². The molecule has 1 aromatic carbocycles. The summed E-state index contributed by atoms with van der Waals surface area (Å²) in [5.41, 5.74) is 1.40. The van der Waals surface area contributed by atoms with Crippen LogP contribution in [0.5, 0.6) is 0 Å². The van der Waals surface area contributed by atoms with E-state index in [4.69, 9.17) is 16.7 Å². The van der Waals surface area contributed by atoms with Crippen LogP contribution >= 0.6 is 22.9 Å². The Labute approximate surface area is 127 Å². The highest BCUT2D eigenvalue weighted by Gasteiger charge is 2.14. The molecule has 0 aliphatic rings. The molecule has 2 rings (SSSR count). The zero-order valence-corrected chi connectivity index (χ0v) is 12.9. The van der Waals surface area contributed by atoms with Crippen LogP contribution in [0.1, 0.15) is 33.8 Å². The summed E-state index contributed by atoms with van der Waals surface area (Å²) in [7, 11) is 2.05. The molecular formula is C15H16ClNO2S. The number of carbonyl (C=O) groups is 1. The van der Waals surface area contributed by atoms with Crippen LogP contribution in [-0.2, 0) is 6.54 Å². The fourth-order valence-electron chi connectivity index (χ4n) is 1.95. The van der Waals surface area contributed by atoms with E-state index in [1.165, 1.54) is 4.88 Å². The molecule has 1 unspecified atom stereocenters. The van der Waals surface area contributed by atoms with Gasteiger partial charge >= 0.3 is 5.97 Å². The number of nitrogens with zero attached hydrogens (tertiary/aromatic N) is 1. The van der Waals surface area contributed by atoms with Crippen molar-refractivity contribution < 1.29 is 9.90 Å². The Morgan fingerprint density at radius 2 is 1.95 bits per heavy atom. The molecule has 0 fully saturated rings. The molecule has 0 amide bonds. The third kappa shape index (κ3) is 3.60. The smallest absolute Gasteiger partial charge is 0.335 e. The van der Waals surface area contributed by atoms with Gasteiger partial charge in [-0.2, -0.15) is 0 Å². The van der Waals surface area contributed by atoms with E-state index in [0.29, 0.717) is 5.56 Å². The molecule has 1 aromatic heterocycles. The Morgan fingerprint density at radius 3 is 2.45 bits per heavy atom.